The van der Waals surface area contributed by atoms with Gasteiger partial charge in [0, 0.05) is 24.2 Å². The summed E-state index contributed by atoms with van der Waals surface area (Å²) >= 11 is 1.38. The molecule has 1 unspecified atom stereocenters. The second-order valence-corrected chi connectivity index (χ2v) is 6.63. The van der Waals surface area contributed by atoms with Gasteiger partial charge in [-0.1, -0.05) is 0 Å². The molecule has 0 fully saturated rings. The van der Waals surface area contributed by atoms with Crippen molar-refractivity contribution in [3.63, 3.8) is 0 Å². The second-order valence-electron chi connectivity index (χ2n) is 3.55. The molecule has 1 atom stereocenters. The molecule has 0 aromatic carbocycles. The zero-order valence-electron chi connectivity index (χ0n) is 8.73. The van der Waals surface area contributed by atoms with Crippen LogP contribution >= 0.6 is 11.3 Å². The summed E-state index contributed by atoms with van der Waals surface area (Å²) in [7, 11) is -2.93. The van der Waals surface area contributed by atoms with E-state index in [1.807, 2.05) is 12.3 Å². The number of hydrogen-bond acceptors (Lipinski definition) is 6. The first-order valence-electron chi connectivity index (χ1n) is 4.48. The minimum atomic E-state index is -2.93. The molecule has 0 bridgehead atoms. The first-order chi connectivity index (χ1) is 6.87. The molecule has 0 aliphatic carbocycles. The Bertz CT molecular complexity index is 413. The highest BCUT2D eigenvalue weighted by molar-refractivity contribution is 7.90. The average molecular weight is 249 g/mol. The predicted molar refractivity (Wildman–Crippen MR) is 62.5 cm³/mol. The van der Waals surface area contributed by atoms with Crippen LogP contribution < -0.4 is 11.1 Å². The second kappa shape index (κ2) is 4.91. The largest absolute Gasteiger partial charge is 0.375 e. The summed E-state index contributed by atoms with van der Waals surface area (Å²) in [4.78, 5) is 4.06. The van der Waals surface area contributed by atoms with E-state index in [1.165, 1.54) is 17.6 Å². The van der Waals surface area contributed by atoms with E-state index in [0.29, 0.717) is 11.7 Å². The number of thiazole rings is 1. The van der Waals surface area contributed by atoms with Crippen molar-refractivity contribution < 1.29 is 8.42 Å². The normalized spacial score (nSPS) is 14.0. The Kier molecular flexibility index (Phi) is 4.06. The first kappa shape index (κ1) is 12.4. The number of hydrogen-bond donors (Lipinski definition) is 2. The van der Waals surface area contributed by atoms with Gasteiger partial charge in [0.15, 0.2) is 5.13 Å². The van der Waals surface area contributed by atoms with E-state index >= 15 is 0 Å². The summed E-state index contributed by atoms with van der Waals surface area (Å²) in [5.41, 5.74) is 6.32. The van der Waals surface area contributed by atoms with E-state index in [0.717, 1.165) is 5.69 Å². The Morgan fingerprint density at radius 2 is 2.33 bits per heavy atom. The molecule has 0 amide bonds. The molecule has 5 nitrogen and oxygen atoms in total. The minimum Gasteiger partial charge on any atom is -0.375 e. The zero-order chi connectivity index (χ0) is 11.5. The Hall–Kier alpha value is -0.660. The number of nitrogens with zero attached hydrogens (tertiary/aromatic N) is 1. The quantitative estimate of drug-likeness (QED) is 0.781. The summed E-state index contributed by atoms with van der Waals surface area (Å²) in [6.45, 7) is 2.38. The highest BCUT2D eigenvalue weighted by Gasteiger charge is 2.10. The van der Waals surface area contributed by atoms with Gasteiger partial charge in [-0.25, -0.2) is 13.4 Å². The number of nitrogens with one attached hydrogen (secondary N) is 1. The van der Waals surface area contributed by atoms with Gasteiger partial charge >= 0.3 is 0 Å². The molecule has 0 aliphatic rings. The van der Waals surface area contributed by atoms with Crippen LogP contribution in [0.4, 0.5) is 5.13 Å². The van der Waals surface area contributed by atoms with E-state index in [1.54, 1.807) is 0 Å². The minimum absolute atomic E-state index is 0.0806. The SMILES string of the molecule is CC(CS(C)(=O)=O)NCc1csc(N)n1. The molecule has 1 rings (SSSR count). The summed E-state index contributed by atoms with van der Waals surface area (Å²) in [5.74, 6) is 0.132. The maximum atomic E-state index is 11.0. The molecule has 0 spiro atoms. The maximum absolute atomic E-state index is 11.0. The van der Waals surface area contributed by atoms with Crippen LogP contribution in [0.5, 0.6) is 0 Å². The van der Waals surface area contributed by atoms with E-state index < -0.39 is 9.84 Å². The van der Waals surface area contributed by atoms with Crippen molar-refractivity contribution in [1.29, 1.82) is 0 Å². The standard InChI is InChI=1S/C8H15N3O2S2/c1-6(5-15(2,12)13)10-3-7-4-14-8(9)11-7/h4,6,10H,3,5H2,1-2H3,(H2,9,11). The predicted octanol–water partition coefficient (Wildman–Crippen LogP) is 0.248. The Labute approximate surface area is 93.6 Å². The number of anilines is 1. The molecule has 1 aromatic heterocycles. The summed E-state index contributed by atoms with van der Waals surface area (Å²) in [6, 6.07) is -0.0806. The lowest BCUT2D eigenvalue weighted by Crippen LogP contribution is -2.32. The highest BCUT2D eigenvalue weighted by Crippen LogP contribution is 2.10. The van der Waals surface area contributed by atoms with Crippen molar-refractivity contribution in [2.45, 2.75) is 19.5 Å². The fourth-order valence-corrected chi connectivity index (χ4v) is 2.78. The van der Waals surface area contributed by atoms with Gasteiger partial charge < -0.3 is 11.1 Å². The van der Waals surface area contributed by atoms with Crippen molar-refractivity contribution in [2.75, 3.05) is 17.7 Å². The van der Waals surface area contributed by atoms with Crippen LogP contribution in [0.15, 0.2) is 5.38 Å². The lowest BCUT2D eigenvalue weighted by molar-refractivity contribution is 0.557. The molecule has 7 heteroatoms. The Balaban J connectivity index is 2.37. The van der Waals surface area contributed by atoms with Gasteiger partial charge in [-0.3, -0.25) is 0 Å². The number of rotatable bonds is 5. The summed E-state index contributed by atoms with van der Waals surface area (Å²) in [6.07, 6.45) is 1.23. The van der Waals surface area contributed by atoms with Gasteiger partial charge in [-0.15, -0.1) is 11.3 Å². The zero-order valence-corrected chi connectivity index (χ0v) is 10.4. The van der Waals surface area contributed by atoms with Crippen molar-refractivity contribution in [3.8, 4) is 0 Å². The lowest BCUT2D eigenvalue weighted by atomic mass is 10.3. The van der Waals surface area contributed by atoms with Crippen LogP contribution in [-0.4, -0.2) is 31.5 Å². The Morgan fingerprint density at radius 3 is 2.80 bits per heavy atom. The fourth-order valence-electron chi connectivity index (χ4n) is 1.20. The number of nitrogen functional groups attached to an aromatic ring is 1. The molecule has 1 heterocycles. The number of nitrogens with two attached hydrogens (primary N) is 1. The summed E-state index contributed by atoms with van der Waals surface area (Å²) < 4.78 is 22.0. The van der Waals surface area contributed by atoms with E-state index in [2.05, 4.69) is 10.3 Å². The van der Waals surface area contributed by atoms with E-state index in [4.69, 9.17) is 5.73 Å². The molecule has 0 aliphatic heterocycles. The molecule has 3 N–H and O–H groups in total. The third kappa shape index (κ3) is 5.10. The van der Waals surface area contributed by atoms with Gasteiger partial charge in [0.2, 0.25) is 0 Å². The monoisotopic (exact) mass is 249 g/mol. The van der Waals surface area contributed by atoms with Gasteiger partial charge in [-0.2, -0.15) is 0 Å². The van der Waals surface area contributed by atoms with Crippen molar-refractivity contribution >= 4 is 26.3 Å². The van der Waals surface area contributed by atoms with E-state index in [9.17, 15) is 8.42 Å². The van der Waals surface area contributed by atoms with Gasteiger partial charge in [0.25, 0.3) is 0 Å². The number of sulfone groups is 1. The molecule has 0 saturated carbocycles. The Morgan fingerprint density at radius 1 is 1.67 bits per heavy atom. The molecule has 86 valence electrons. The first-order valence-corrected chi connectivity index (χ1v) is 7.42. The van der Waals surface area contributed by atoms with Crippen LogP contribution in [0.2, 0.25) is 0 Å². The molecule has 1 aromatic rings. The molecule has 0 saturated heterocycles. The van der Waals surface area contributed by atoms with Crippen molar-refractivity contribution in [3.05, 3.63) is 11.1 Å². The molecular formula is C8H15N3O2S2. The summed E-state index contributed by atoms with van der Waals surface area (Å²) in [5, 5.41) is 5.47. The third-order valence-corrected chi connectivity index (χ3v) is 3.58. The maximum Gasteiger partial charge on any atom is 0.180 e. The van der Waals surface area contributed by atoms with Crippen LogP contribution in [0.3, 0.4) is 0 Å². The van der Waals surface area contributed by atoms with Crippen molar-refractivity contribution in [2.24, 2.45) is 0 Å². The van der Waals surface area contributed by atoms with Crippen LogP contribution in [-0.2, 0) is 16.4 Å². The number of aromatic nitrogens is 1. The average Bonchev–Trinajstić information content (AvgIpc) is 2.45. The van der Waals surface area contributed by atoms with Crippen LogP contribution in [0.1, 0.15) is 12.6 Å². The smallest absolute Gasteiger partial charge is 0.180 e. The van der Waals surface area contributed by atoms with Gasteiger partial charge in [0.05, 0.1) is 11.4 Å². The van der Waals surface area contributed by atoms with Gasteiger partial charge in [-0.05, 0) is 6.92 Å². The fraction of sp³-hybridized carbons (Fsp3) is 0.625. The third-order valence-electron chi connectivity index (χ3n) is 1.75. The van der Waals surface area contributed by atoms with Crippen LogP contribution in [0, 0.1) is 0 Å². The molecular weight excluding hydrogens is 234 g/mol. The molecule has 15 heavy (non-hydrogen) atoms. The van der Waals surface area contributed by atoms with Crippen molar-refractivity contribution in [1.82, 2.24) is 10.3 Å². The lowest BCUT2D eigenvalue weighted by Gasteiger charge is -2.10. The van der Waals surface area contributed by atoms with Crippen LogP contribution in [0.25, 0.3) is 0 Å². The molecule has 0 radical (unpaired) electrons. The van der Waals surface area contributed by atoms with Gasteiger partial charge in [0.1, 0.15) is 9.84 Å². The topological polar surface area (TPSA) is 85.1 Å². The van der Waals surface area contributed by atoms with E-state index in [-0.39, 0.29) is 11.8 Å². The highest BCUT2D eigenvalue weighted by atomic mass is 32.2.